The normalized spacial score (nSPS) is 9.56. The molecule has 0 aliphatic carbocycles. The number of nitrogens with one attached hydrogen (secondary N) is 1. The van der Waals surface area contributed by atoms with Crippen molar-refractivity contribution in [2.45, 2.75) is 0 Å². The first-order valence-electron chi connectivity index (χ1n) is 5.12. The first kappa shape index (κ1) is 12.1. The maximum Gasteiger partial charge on any atom is 0.256 e. The second kappa shape index (κ2) is 5.30. The molecule has 1 aromatic carbocycles. The van der Waals surface area contributed by atoms with Crippen molar-refractivity contribution in [2.75, 3.05) is 5.32 Å². The topological polar surface area (TPSA) is 65.8 Å². The Balaban J connectivity index is 2.14. The van der Waals surface area contributed by atoms with Crippen LogP contribution in [0.4, 0.5) is 5.82 Å². The molecule has 0 aliphatic heterocycles. The Bertz CT molecular complexity index is 617. The van der Waals surface area contributed by atoms with Gasteiger partial charge in [-0.25, -0.2) is 4.98 Å². The number of benzene rings is 1. The number of halogens is 1. The number of hydrogen-bond donors (Lipinski definition) is 1. The molecule has 1 amide bonds. The highest BCUT2D eigenvalue weighted by Gasteiger charge is 2.06. The monoisotopic (exact) mass is 257 g/mol. The van der Waals surface area contributed by atoms with Crippen LogP contribution in [0.2, 0.25) is 5.02 Å². The molecule has 1 N–H and O–H groups in total. The summed E-state index contributed by atoms with van der Waals surface area (Å²) in [4.78, 5) is 15.8. The maximum atomic E-state index is 11.8. The van der Waals surface area contributed by atoms with Crippen molar-refractivity contribution in [3.8, 4) is 6.07 Å². The van der Waals surface area contributed by atoms with Gasteiger partial charge in [0, 0.05) is 16.8 Å². The molecule has 5 heteroatoms. The van der Waals surface area contributed by atoms with Crippen molar-refractivity contribution in [1.82, 2.24) is 4.98 Å². The van der Waals surface area contributed by atoms with Gasteiger partial charge in [0.05, 0.1) is 5.56 Å². The number of anilines is 1. The molecule has 0 atom stereocenters. The van der Waals surface area contributed by atoms with Crippen molar-refractivity contribution in [1.29, 1.82) is 5.26 Å². The summed E-state index contributed by atoms with van der Waals surface area (Å²) in [6, 6.07) is 11.7. The molecule has 0 fully saturated rings. The second-order valence-electron chi connectivity index (χ2n) is 3.51. The molecule has 2 aromatic rings. The van der Waals surface area contributed by atoms with E-state index in [4.69, 9.17) is 16.9 Å². The quantitative estimate of drug-likeness (QED) is 0.900. The van der Waals surface area contributed by atoms with Gasteiger partial charge in [-0.3, -0.25) is 4.79 Å². The van der Waals surface area contributed by atoms with Crippen LogP contribution in [-0.2, 0) is 0 Å². The molecule has 0 unspecified atom stereocenters. The molecule has 0 spiro atoms. The van der Waals surface area contributed by atoms with Crippen LogP contribution in [0, 0.1) is 11.3 Å². The van der Waals surface area contributed by atoms with Crippen LogP contribution in [0.1, 0.15) is 15.9 Å². The summed E-state index contributed by atoms with van der Waals surface area (Å²) in [5, 5.41) is 11.7. The van der Waals surface area contributed by atoms with E-state index < -0.39 is 0 Å². The van der Waals surface area contributed by atoms with Crippen LogP contribution in [0.5, 0.6) is 0 Å². The van der Waals surface area contributed by atoms with E-state index in [0.717, 1.165) is 0 Å². The van der Waals surface area contributed by atoms with Crippen molar-refractivity contribution in [3.05, 3.63) is 58.7 Å². The molecule has 2 rings (SSSR count). The Labute approximate surface area is 109 Å². The second-order valence-corrected chi connectivity index (χ2v) is 3.94. The predicted molar refractivity (Wildman–Crippen MR) is 68.4 cm³/mol. The summed E-state index contributed by atoms with van der Waals surface area (Å²) in [7, 11) is 0. The number of pyridine rings is 1. The highest BCUT2D eigenvalue weighted by molar-refractivity contribution is 6.31. The fourth-order valence-electron chi connectivity index (χ4n) is 1.35. The van der Waals surface area contributed by atoms with Gasteiger partial charge in [0.15, 0.2) is 0 Å². The smallest absolute Gasteiger partial charge is 0.256 e. The number of aromatic nitrogens is 1. The number of rotatable bonds is 2. The molecule has 1 aromatic heterocycles. The van der Waals surface area contributed by atoms with Crippen LogP contribution in [-0.4, -0.2) is 10.9 Å². The Kier molecular flexibility index (Phi) is 3.56. The maximum absolute atomic E-state index is 11.8. The summed E-state index contributed by atoms with van der Waals surface area (Å²) in [5.74, 6) is 0.0914. The largest absolute Gasteiger partial charge is 0.307 e. The first-order chi connectivity index (χ1) is 8.69. The van der Waals surface area contributed by atoms with Crippen LogP contribution in [0.25, 0.3) is 0 Å². The molecule has 1 heterocycles. The lowest BCUT2D eigenvalue weighted by atomic mass is 10.2. The van der Waals surface area contributed by atoms with Crippen molar-refractivity contribution in [3.63, 3.8) is 0 Å². The van der Waals surface area contributed by atoms with E-state index in [-0.39, 0.29) is 5.91 Å². The minimum absolute atomic E-state index is 0.297. The van der Waals surface area contributed by atoms with Gasteiger partial charge in [0.25, 0.3) is 5.91 Å². The molecule has 0 aliphatic rings. The minimum atomic E-state index is -0.297. The molecule has 18 heavy (non-hydrogen) atoms. The van der Waals surface area contributed by atoms with Crippen LogP contribution in [0.3, 0.4) is 0 Å². The summed E-state index contributed by atoms with van der Waals surface area (Å²) in [6.07, 6.45) is 1.40. The van der Waals surface area contributed by atoms with E-state index in [1.165, 1.54) is 6.20 Å². The van der Waals surface area contributed by atoms with Gasteiger partial charge in [0.2, 0.25) is 0 Å². The Morgan fingerprint density at radius 1 is 1.33 bits per heavy atom. The summed E-state index contributed by atoms with van der Waals surface area (Å²) >= 11 is 5.80. The zero-order valence-corrected chi connectivity index (χ0v) is 9.98. The molecule has 0 saturated heterocycles. The average molecular weight is 258 g/mol. The standard InChI is InChI=1S/C13H8ClN3O/c14-11-3-1-2-10(6-11)13(18)17-12-5-4-9(7-15)8-16-12/h1-6,8H,(H,16,17,18). The van der Waals surface area contributed by atoms with E-state index in [2.05, 4.69) is 10.3 Å². The van der Waals surface area contributed by atoms with Crippen LogP contribution in [0.15, 0.2) is 42.6 Å². The van der Waals surface area contributed by atoms with Crippen LogP contribution < -0.4 is 5.32 Å². The van der Waals surface area contributed by atoms with Gasteiger partial charge in [-0.15, -0.1) is 0 Å². The molecule has 0 radical (unpaired) electrons. The highest BCUT2D eigenvalue weighted by Crippen LogP contribution is 2.12. The molecule has 4 nitrogen and oxygen atoms in total. The first-order valence-corrected chi connectivity index (χ1v) is 5.50. The SMILES string of the molecule is N#Cc1ccc(NC(=O)c2cccc(Cl)c2)nc1. The highest BCUT2D eigenvalue weighted by atomic mass is 35.5. The average Bonchev–Trinajstić information content (AvgIpc) is 2.39. The number of nitriles is 1. The molecular formula is C13H8ClN3O. The minimum Gasteiger partial charge on any atom is -0.307 e. The summed E-state index contributed by atoms with van der Waals surface area (Å²) in [5.41, 5.74) is 0.893. The van der Waals surface area contributed by atoms with Crippen molar-refractivity contribution < 1.29 is 4.79 Å². The lowest BCUT2D eigenvalue weighted by molar-refractivity contribution is 0.102. The number of hydrogen-bond acceptors (Lipinski definition) is 3. The molecule has 88 valence electrons. The summed E-state index contributed by atoms with van der Waals surface area (Å²) in [6.45, 7) is 0. The van der Waals surface area contributed by atoms with Gasteiger partial charge in [-0.2, -0.15) is 5.26 Å². The lowest BCUT2D eigenvalue weighted by Crippen LogP contribution is -2.12. The van der Waals surface area contributed by atoms with E-state index in [1.807, 2.05) is 6.07 Å². The van der Waals surface area contributed by atoms with Crippen LogP contribution >= 0.6 is 11.6 Å². The molecule has 0 bridgehead atoms. The summed E-state index contributed by atoms with van der Waals surface area (Å²) < 4.78 is 0. The third kappa shape index (κ3) is 2.84. The van der Waals surface area contributed by atoms with E-state index in [0.29, 0.717) is 22.0 Å². The van der Waals surface area contributed by atoms with Gasteiger partial charge in [-0.05, 0) is 30.3 Å². The van der Waals surface area contributed by atoms with E-state index >= 15 is 0 Å². The predicted octanol–water partition coefficient (Wildman–Crippen LogP) is 2.86. The molecule has 0 saturated carbocycles. The van der Waals surface area contributed by atoms with Gasteiger partial charge < -0.3 is 5.32 Å². The fourth-order valence-corrected chi connectivity index (χ4v) is 1.54. The zero-order chi connectivity index (χ0) is 13.0. The fraction of sp³-hybridized carbons (Fsp3) is 0. The van der Waals surface area contributed by atoms with Gasteiger partial charge in [-0.1, -0.05) is 17.7 Å². The number of nitrogens with zero attached hydrogens (tertiary/aromatic N) is 2. The zero-order valence-electron chi connectivity index (χ0n) is 9.22. The Morgan fingerprint density at radius 2 is 2.17 bits per heavy atom. The molecular weight excluding hydrogens is 250 g/mol. The third-order valence-electron chi connectivity index (χ3n) is 2.22. The van der Waals surface area contributed by atoms with E-state index in [9.17, 15) is 4.79 Å². The number of carbonyl (C=O) groups excluding carboxylic acids is 1. The van der Waals surface area contributed by atoms with E-state index in [1.54, 1.807) is 36.4 Å². The van der Waals surface area contributed by atoms with Crippen molar-refractivity contribution >= 4 is 23.3 Å². The van der Waals surface area contributed by atoms with Crippen molar-refractivity contribution in [2.24, 2.45) is 0 Å². The Morgan fingerprint density at radius 3 is 2.78 bits per heavy atom. The van der Waals surface area contributed by atoms with Gasteiger partial charge in [0.1, 0.15) is 11.9 Å². The Hall–Kier alpha value is -2.38. The number of amides is 1. The third-order valence-corrected chi connectivity index (χ3v) is 2.46. The van der Waals surface area contributed by atoms with Gasteiger partial charge >= 0.3 is 0 Å². The number of carbonyl (C=O) groups is 1. The lowest BCUT2D eigenvalue weighted by Gasteiger charge is -2.04.